The van der Waals surface area contributed by atoms with Crippen LogP contribution in [0.3, 0.4) is 0 Å². The van der Waals surface area contributed by atoms with Gasteiger partial charge in [0.2, 0.25) is 5.91 Å². The van der Waals surface area contributed by atoms with Gasteiger partial charge in [-0.3, -0.25) is 9.59 Å². The van der Waals surface area contributed by atoms with Crippen LogP contribution in [0.4, 0.5) is 0 Å². The maximum atomic E-state index is 12.3. The number of aryl methyl sites for hydroxylation is 3. The van der Waals surface area contributed by atoms with Crippen LogP contribution in [0.1, 0.15) is 35.6 Å². The van der Waals surface area contributed by atoms with E-state index in [1.165, 1.54) is 10.5 Å². The molecule has 110 valence electrons. The summed E-state index contributed by atoms with van der Waals surface area (Å²) in [6, 6.07) is 4.11. The fraction of sp³-hybridized carbons (Fsp3) is 0.500. The van der Waals surface area contributed by atoms with E-state index in [2.05, 4.69) is 12.1 Å². The maximum absolute atomic E-state index is 12.3. The van der Waals surface area contributed by atoms with E-state index in [9.17, 15) is 9.59 Å². The third-order valence-corrected chi connectivity index (χ3v) is 3.34. The Morgan fingerprint density at radius 1 is 1.15 bits per heavy atom. The first kappa shape index (κ1) is 16.2. The van der Waals surface area contributed by atoms with E-state index in [0.717, 1.165) is 23.1 Å². The summed E-state index contributed by atoms with van der Waals surface area (Å²) in [7, 11) is 0. The average molecular weight is 277 g/mol. The van der Waals surface area contributed by atoms with Crippen molar-refractivity contribution in [2.24, 2.45) is 0 Å². The van der Waals surface area contributed by atoms with Crippen LogP contribution >= 0.6 is 0 Å². The number of carbonyl (C=O) groups is 2. The van der Waals surface area contributed by atoms with Gasteiger partial charge in [0.25, 0.3) is 0 Å². The van der Waals surface area contributed by atoms with E-state index in [1.807, 2.05) is 27.7 Å². The molecule has 20 heavy (non-hydrogen) atoms. The summed E-state index contributed by atoms with van der Waals surface area (Å²) < 4.78 is 0. The molecule has 0 aliphatic carbocycles. The molecule has 0 bridgehead atoms. The minimum atomic E-state index is -0.968. The van der Waals surface area contributed by atoms with Crippen molar-refractivity contribution >= 4 is 11.9 Å². The van der Waals surface area contributed by atoms with Gasteiger partial charge in [0.05, 0.1) is 6.42 Å². The number of hydrogen-bond donors (Lipinski definition) is 1. The molecule has 0 unspecified atom stereocenters. The lowest BCUT2D eigenvalue weighted by Crippen LogP contribution is -2.37. The van der Waals surface area contributed by atoms with Crippen molar-refractivity contribution in [3.8, 4) is 0 Å². The first-order valence-corrected chi connectivity index (χ1v) is 6.91. The summed E-state index contributed by atoms with van der Waals surface area (Å²) in [5.74, 6) is -1.09. The molecule has 1 aromatic rings. The predicted octanol–water partition coefficient (Wildman–Crippen LogP) is 2.48. The molecule has 1 amide bonds. The van der Waals surface area contributed by atoms with Crippen molar-refractivity contribution < 1.29 is 14.7 Å². The second-order valence-electron chi connectivity index (χ2n) is 5.26. The van der Waals surface area contributed by atoms with Crippen LogP contribution in [0, 0.1) is 20.8 Å². The molecule has 0 aliphatic heterocycles. The molecule has 0 radical (unpaired) electrons. The number of hydrogen-bond acceptors (Lipinski definition) is 2. The van der Waals surface area contributed by atoms with Crippen LogP contribution in [0.25, 0.3) is 0 Å². The first-order valence-electron chi connectivity index (χ1n) is 6.91. The highest BCUT2D eigenvalue weighted by atomic mass is 16.4. The summed E-state index contributed by atoms with van der Waals surface area (Å²) in [5, 5.41) is 8.88. The zero-order valence-electron chi connectivity index (χ0n) is 12.7. The molecular formula is C16H23NO3. The van der Waals surface area contributed by atoms with Crippen molar-refractivity contribution in [2.45, 2.75) is 40.5 Å². The molecule has 0 spiro atoms. The Morgan fingerprint density at radius 2 is 1.70 bits per heavy atom. The van der Waals surface area contributed by atoms with Crippen molar-refractivity contribution in [3.05, 3.63) is 34.4 Å². The molecule has 1 aromatic carbocycles. The summed E-state index contributed by atoms with van der Waals surface area (Å²) in [6.45, 7) is 8.20. The van der Waals surface area contributed by atoms with Gasteiger partial charge < -0.3 is 10.0 Å². The third-order valence-electron chi connectivity index (χ3n) is 3.34. The lowest BCUT2D eigenvalue weighted by Gasteiger charge is -2.21. The number of rotatable bonds is 6. The molecule has 0 atom stereocenters. The number of carboxylic acid groups (broad SMARTS) is 1. The van der Waals surface area contributed by atoms with E-state index in [4.69, 9.17) is 5.11 Å². The summed E-state index contributed by atoms with van der Waals surface area (Å²) >= 11 is 0. The van der Waals surface area contributed by atoms with E-state index in [0.29, 0.717) is 6.54 Å². The van der Waals surface area contributed by atoms with Crippen molar-refractivity contribution in [2.75, 3.05) is 13.1 Å². The van der Waals surface area contributed by atoms with Gasteiger partial charge in [-0.15, -0.1) is 0 Å². The standard InChI is InChI=1S/C16H23NO3/c1-5-6-17(10-16(19)20)15(18)9-14-12(3)7-11(2)8-13(14)4/h7-8H,5-6,9-10H2,1-4H3,(H,19,20). The quantitative estimate of drug-likeness (QED) is 0.869. The second-order valence-corrected chi connectivity index (χ2v) is 5.26. The number of nitrogens with zero attached hydrogens (tertiary/aromatic N) is 1. The SMILES string of the molecule is CCCN(CC(=O)O)C(=O)Cc1c(C)cc(C)cc1C. The third kappa shape index (κ3) is 4.37. The Hall–Kier alpha value is -1.84. The minimum Gasteiger partial charge on any atom is -0.480 e. The van der Waals surface area contributed by atoms with Crippen LogP contribution < -0.4 is 0 Å². The Kier molecular flexibility index (Phi) is 5.74. The zero-order valence-corrected chi connectivity index (χ0v) is 12.7. The molecule has 0 aromatic heterocycles. The highest BCUT2D eigenvalue weighted by molar-refractivity contribution is 5.83. The highest BCUT2D eigenvalue weighted by Crippen LogP contribution is 2.17. The maximum Gasteiger partial charge on any atom is 0.323 e. The molecule has 0 heterocycles. The lowest BCUT2D eigenvalue weighted by molar-refractivity contribution is -0.144. The largest absolute Gasteiger partial charge is 0.480 e. The van der Waals surface area contributed by atoms with Crippen molar-refractivity contribution in [3.63, 3.8) is 0 Å². The van der Waals surface area contributed by atoms with Gasteiger partial charge in [-0.25, -0.2) is 0 Å². The molecule has 0 saturated carbocycles. The molecular weight excluding hydrogens is 254 g/mol. The van der Waals surface area contributed by atoms with Crippen molar-refractivity contribution in [1.82, 2.24) is 4.90 Å². The lowest BCUT2D eigenvalue weighted by atomic mass is 9.97. The van der Waals surface area contributed by atoms with E-state index in [-0.39, 0.29) is 18.9 Å². The first-order chi connectivity index (χ1) is 9.35. The van der Waals surface area contributed by atoms with Gasteiger partial charge in [-0.05, 0) is 43.9 Å². The average Bonchev–Trinajstić information content (AvgIpc) is 2.32. The van der Waals surface area contributed by atoms with Gasteiger partial charge in [-0.2, -0.15) is 0 Å². The number of carboxylic acids is 1. The molecule has 4 heteroatoms. The molecule has 0 fully saturated rings. The van der Waals surface area contributed by atoms with E-state index < -0.39 is 5.97 Å². The normalized spacial score (nSPS) is 10.4. The molecule has 1 N–H and O–H groups in total. The number of benzene rings is 1. The van der Waals surface area contributed by atoms with Gasteiger partial charge in [0.15, 0.2) is 0 Å². The monoisotopic (exact) mass is 277 g/mol. The Bertz CT molecular complexity index is 485. The second kappa shape index (κ2) is 7.08. The molecule has 1 rings (SSSR count). The van der Waals surface area contributed by atoms with Crippen LogP contribution in [0.5, 0.6) is 0 Å². The van der Waals surface area contributed by atoms with E-state index >= 15 is 0 Å². The smallest absolute Gasteiger partial charge is 0.323 e. The minimum absolute atomic E-state index is 0.121. The van der Waals surface area contributed by atoms with Crippen LogP contribution in [0.15, 0.2) is 12.1 Å². The Morgan fingerprint density at radius 3 is 2.15 bits per heavy atom. The summed E-state index contributed by atoms with van der Waals surface area (Å²) in [4.78, 5) is 24.5. The van der Waals surface area contributed by atoms with Gasteiger partial charge >= 0.3 is 5.97 Å². The number of carbonyl (C=O) groups excluding carboxylic acids is 1. The molecule has 0 aliphatic rings. The number of aliphatic carboxylic acids is 1. The fourth-order valence-corrected chi connectivity index (χ4v) is 2.48. The fourth-order valence-electron chi connectivity index (χ4n) is 2.48. The Balaban J connectivity index is 2.90. The van der Waals surface area contributed by atoms with Gasteiger partial charge in [-0.1, -0.05) is 24.6 Å². The van der Waals surface area contributed by atoms with E-state index in [1.54, 1.807) is 0 Å². The number of amides is 1. The zero-order chi connectivity index (χ0) is 15.3. The summed E-state index contributed by atoms with van der Waals surface area (Å²) in [5.41, 5.74) is 4.35. The van der Waals surface area contributed by atoms with Gasteiger partial charge in [0, 0.05) is 6.54 Å². The van der Waals surface area contributed by atoms with Crippen molar-refractivity contribution in [1.29, 1.82) is 0 Å². The van der Waals surface area contributed by atoms with Crippen LogP contribution in [0.2, 0.25) is 0 Å². The van der Waals surface area contributed by atoms with Crippen LogP contribution in [-0.4, -0.2) is 35.0 Å². The van der Waals surface area contributed by atoms with Gasteiger partial charge in [0.1, 0.15) is 6.54 Å². The predicted molar refractivity (Wildman–Crippen MR) is 78.9 cm³/mol. The Labute approximate surface area is 120 Å². The topological polar surface area (TPSA) is 57.6 Å². The highest BCUT2D eigenvalue weighted by Gasteiger charge is 2.18. The molecule has 0 saturated heterocycles. The summed E-state index contributed by atoms with van der Waals surface area (Å²) in [6.07, 6.45) is 1.02. The molecule has 4 nitrogen and oxygen atoms in total. The van der Waals surface area contributed by atoms with Crippen LogP contribution in [-0.2, 0) is 16.0 Å².